The Hall–Kier alpha value is -2.38. The van der Waals surface area contributed by atoms with Crippen LogP contribution in [0, 0.1) is 0 Å². The minimum absolute atomic E-state index is 0.0965. The molecule has 4 rings (SSSR count). The Labute approximate surface area is 159 Å². The van der Waals surface area contributed by atoms with Gasteiger partial charge in [-0.3, -0.25) is 0 Å². The second-order valence-electron chi connectivity index (χ2n) is 6.73. The fourth-order valence-corrected chi connectivity index (χ4v) is 4.29. The van der Waals surface area contributed by atoms with Gasteiger partial charge in [-0.2, -0.15) is 0 Å². The van der Waals surface area contributed by atoms with Crippen LogP contribution in [0.3, 0.4) is 0 Å². The summed E-state index contributed by atoms with van der Waals surface area (Å²) in [6, 6.07) is 11.0. The molecule has 1 aliphatic rings. The van der Waals surface area contributed by atoms with Crippen LogP contribution in [0.15, 0.2) is 53.7 Å². The summed E-state index contributed by atoms with van der Waals surface area (Å²) in [5.41, 5.74) is 0.921. The number of aromatic nitrogens is 2. The number of benzene rings is 1. The molecule has 7 heteroatoms. The topological polar surface area (TPSA) is 73.2 Å². The molecule has 0 atom stereocenters. The minimum atomic E-state index is -3.21. The van der Waals surface area contributed by atoms with E-state index >= 15 is 0 Å². The van der Waals surface area contributed by atoms with Crippen LogP contribution in [-0.2, 0) is 9.84 Å². The largest absolute Gasteiger partial charge is 0.489 e. The Morgan fingerprint density at radius 2 is 2.00 bits per heavy atom. The molecular weight excluding hydrogens is 362 g/mol. The molecule has 1 saturated heterocycles. The monoisotopic (exact) mass is 385 g/mol. The molecule has 0 saturated carbocycles. The molecule has 2 aromatic heterocycles. The van der Waals surface area contributed by atoms with Crippen LogP contribution in [0.5, 0.6) is 5.75 Å². The summed E-state index contributed by atoms with van der Waals surface area (Å²) in [7, 11) is -3.21. The van der Waals surface area contributed by atoms with Crippen molar-refractivity contribution in [2.75, 3.05) is 18.8 Å². The number of pyridine rings is 1. The van der Waals surface area contributed by atoms with Crippen LogP contribution in [0.1, 0.15) is 19.8 Å². The van der Waals surface area contributed by atoms with Gasteiger partial charge in [0, 0.05) is 11.6 Å². The van der Waals surface area contributed by atoms with Gasteiger partial charge in [0.2, 0.25) is 0 Å². The number of rotatable bonds is 5. The van der Waals surface area contributed by atoms with Gasteiger partial charge in [-0.05, 0) is 62.3 Å². The summed E-state index contributed by atoms with van der Waals surface area (Å²) >= 11 is 0. The maximum Gasteiger partial charge on any atom is 0.178 e. The first kappa shape index (κ1) is 18.0. The lowest BCUT2D eigenvalue weighted by molar-refractivity contribution is 0.162. The lowest BCUT2D eigenvalue weighted by atomic mass is 10.1. The molecule has 0 unspecified atom stereocenters. The van der Waals surface area contributed by atoms with Gasteiger partial charge in [0.25, 0.3) is 0 Å². The third-order valence-electron chi connectivity index (χ3n) is 4.96. The van der Waals surface area contributed by atoms with E-state index in [-0.39, 0.29) is 11.9 Å². The standard InChI is InChI=1S/C20H23N3O3S/c1-2-27(24,25)18-4-5-19-15(13-18)9-12-23(19)20-6-3-17(14-22-20)26-16-7-10-21-11-8-16/h3-6,9,12-14,16,21H,2,7-8,10-11H2,1H3. The van der Waals surface area contributed by atoms with Crippen LogP contribution in [0.4, 0.5) is 0 Å². The molecule has 0 spiro atoms. The first-order chi connectivity index (χ1) is 13.1. The Morgan fingerprint density at radius 1 is 1.19 bits per heavy atom. The van der Waals surface area contributed by atoms with E-state index in [1.165, 1.54) is 0 Å². The molecule has 142 valence electrons. The van der Waals surface area contributed by atoms with E-state index < -0.39 is 9.84 Å². The summed E-state index contributed by atoms with van der Waals surface area (Å²) in [5.74, 6) is 1.64. The average Bonchev–Trinajstić information content (AvgIpc) is 3.13. The van der Waals surface area contributed by atoms with Crippen LogP contribution in [0.25, 0.3) is 16.7 Å². The Balaban J connectivity index is 1.58. The maximum absolute atomic E-state index is 12.1. The van der Waals surface area contributed by atoms with Crippen LogP contribution in [0.2, 0.25) is 0 Å². The highest BCUT2D eigenvalue weighted by molar-refractivity contribution is 7.91. The first-order valence-corrected chi connectivity index (χ1v) is 10.9. The highest BCUT2D eigenvalue weighted by atomic mass is 32.2. The van der Waals surface area contributed by atoms with Crippen molar-refractivity contribution < 1.29 is 13.2 Å². The zero-order valence-electron chi connectivity index (χ0n) is 15.3. The number of hydrogen-bond acceptors (Lipinski definition) is 5. The van der Waals surface area contributed by atoms with E-state index in [0.29, 0.717) is 4.90 Å². The predicted molar refractivity (Wildman–Crippen MR) is 105 cm³/mol. The molecule has 1 aliphatic heterocycles. The summed E-state index contributed by atoms with van der Waals surface area (Å²) in [5, 5.41) is 4.20. The van der Waals surface area contributed by atoms with Crippen molar-refractivity contribution in [2.45, 2.75) is 30.8 Å². The minimum Gasteiger partial charge on any atom is -0.489 e. The third-order valence-corrected chi connectivity index (χ3v) is 6.69. The second-order valence-corrected chi connectivity index (χ2v) is 9.01. The predicted octanol–water partition coefficient (Wildman–Crippen LogP) is 2.95. The molecule has 3 heterocycles. The molecule has 1 aromatic carbocycles. The molecular formula is C20H23N3O3S. The van der Waals surface area contributed by atoms with Gasteiger partial charge in [-0.1, -0.05) is 6.92 Å². The normalized spacial score (nSPS) is 15.9. The highest BCUT2D eigenvalue weighted by Crippen LogP contribution is 2.24. The van der Waals surface area contributed by atoms with Gasteiger partial charge < -0.3 is 14.6 Å². The van der Waals surface area contributed by atoms with Gasteiger partial charge in [-0.15, -0.1) is 0 Å². The number of fused-ring (bicyclic) bond motifs is 1. The zero-order chi connectivity index (χ0) is 18.9. The maximum atomic E-state index is 12.1. The van der Waals surface area contributed by atoms with Crippen molar-refractivity contribution in [1.82, 2.24) is 14.9 Å². The van der Waals surface area contributed by atoms with Gasteiger partial charge in [0.1, 0.15) is 17.7 Å². The van der Waals surface area contributed by atoms with E-state index in [0.717, 1.165) is 48.4 Å². The van der Waals surface area contributed by atoms with Gasteiger partial charge in [0.05, 0.1) is 22.4 Å². The zero-order valence-corrected chi connectivity index (χ0v) is 16.1. The number of ether oxygens (including phenoxy) is 1. The van der Waals surface area contributed by atoms with Crippen LogP contribution in [-0.4, -0.2) is 42.9 Å². The van der Waals surface area contributed by atoms with Crippen molar-refractivity contribution in [1.29, 1.82) is 0 Å². The van der Waals surface area contributed by atoms with Gasteiger partial charge in [-0.25, -0.2) is 13.4 Å². The van der Waals surface area contributed by atoms with Crippen molar-refractivity contribution in [3.63, 3.8) is 0 Å². The van der Waals surface area contributed by atoms with Gasteiger partial charge in [0.15, 0.2) is 9.84 Å². The van der Waals surface area contributed by atoms with E-state index in [1.807, 2.05) is 35.0 Å². The molecule has 1 N–H and O–H groups in total. The van der Waals surface area contributed by atoms with Crippen molar-refractivity contribution in [3.05, 3.63) is 48.8 Å². The van der Waals surface area contributed by atoms with Crippen LogP contribution < -0.4 is 10.1 Å². The summed E-state index contributed by atoms with van der Waals surface area (Å²) in [6.07, 6.45) is 5.91. The number of nitrogens with zero attached hydrogens (tertiary/aromatic N) is 2. The van der Waals surface area contributed by atoms with Crippen molar-refractivity contribution >= 4 is 20.7 Å². The Kier molecular flexibility index (Phi) is 4.88. The SMILES string of the molecule is CCS(=O)(=O)c1ccc2c(ccn2-c2ccc(OC3CCNCC3)cn2)c1. The third kappa shape index (κ3) is 3.70. The quantitative estimate of drug-likeness (QED) is 0.731. The Bertz CT molecular complexity index is 1040. The molecule has 0 radical (unpaired) electrons. The first-order valence-electron chi connectivity index (χ1n) is 9.24. The molecule has 6 nitrogen and oxygen atoms in total. The van der Waals surface area contributed by atoms with E-state index in [2.05, 4.69) is 10.3 Å². The van der Waals surface area contributed by atoms with Crippen LogP contribution >= 0.6 is 0 Å². The summed E-state index contributed by atoms with van der Waals surface area (Å²) in [4.78, 5) is 4.88. The fourth-order valence-electron chi connectivity index (χ4n) is 3.37. The second kappa shape index (κ2) is 7.32. The van der Waals surface area contributed by atoms with E-state index in [9.17, 15) is 8.42 Å². The molecule has 3 aromatic rings. The number of nitrogens with one attached hydrogen (secondary N) is 1. The highest BCUT2D eigenvalue weighted by Gasteiger charge is 2.15. The number of hydrogen-bond donors (Lipinski definition) is 1. The van der Waals surface area contributed by atoms with E-state index in [1.54, 1.807) is 25.3 Å². The smallest absolute Gasteiger partial charge is 0.178 e. The van der Waals surface area contributed by atoms with Crippen molar-refractivity contribution in [2.24, 2.45) is 0 Å². The average molecular weight is 385 g/mol. The van der Waals surface area contributed by atoms with Crippen molar-refractivity contribution in [3.8, 4) is 11.6 Å². The molecule has 0 amide bonds. The molecule has 1 fully saturated rings. The van der Waals surface area contributed by atoms with E-state index in [4.69, 9.17) is 4.74 Å². The molecule has 27 heavy (non-hydrogen) atoms. The fraction of sp³-hybridized carbons (Fsp3) is 0.350. The lowest BCUT2D eigenvalue weighted by Gasteiger charge is -2.23. The number of sulfone groups is 1. The lowest BCUT2D eigenvalue weighted by Crippen LogP contribution is -2.34. The summed E-state index contributed by atoms with van der Waals surface area (Å²) in [6.45, 7) is 3.63. The number of piperidine rings is 1. The molecule has 0 aliphatic carbocycles. The van der Waals surface area contributed by atoms with Gasteiger partial charge >= 0.3 is 0 Å². The Morgan fingerprint density at radius 3 is 2.70 bits per heavy atom. The molecule has 0 bridgehead atoms. The summed E-state index contributed by atoms with van der Waals surface area (Å²) < 4.78 is 32.1.